The largest absolute Gasteiger partial charge is 0.379 e. The number of carbonyl (C=O) groups is 1. The lowest BCUT2D eigenvalue weighted by molar-refractivity contribution is -0.123. The molecule has 0 aromatic rings. The lowest BCUT2D eigenvalue weighted by atomic mass is 10.1. The molecule has 0 heterocycles. The number of amides is 1. The Bertz CT molecular complexity index is 251. The molecule has 1 aliphatic rings. The maximum atomic E-state index is 11.6. The van der Waals surface area contributed by atoms with E-state index in [0.717, 1.165) is 13.0 Å². The Labute approximate surface area is 97.2 Å². The average Bonchev–Trinajstić information content (AvgIpc) is 2.63. The van der Waals surface area contributed by atoms with Gasteiger partial charge in [0.15, 0.2) is 0 Å². The highest BCUT2D eigenvalue weighted by Gasteiger charge is 2.21. The molecule has 92 valence electrons. The van der Waals surface area contributed by atoms with Crippen molar-refractivity contribution in [2.45, 2.75) is 26.3 Å². The SMILES string of the molecule is CC(C)COCCNC(=O)C1C=CC(N)C1. The van der Waals surface area contributed by atoms with Gasteiger partial charge in [0, 0.05) is 19.2 Å². The van der Waals surface area contributed by atoms with Gasteiger partial charge in [0.25, 0.3) is 0 Å². The molecule has 0 bridgehead atoms. The zero-order chi connectivity index (χ0) is 12.0. The highest BCUT2D eigenvalue weighted by Crippen LogP contribution is 2.15. The minimum atomic E-state index is -0.0555. The minimum absolute atomic E-state index is 0.0351. The predicted octanol–water partition coefficient (Wildman–Crippen LogP) is 0.679. The summed E-state index contributed by atoms with van der Waals surface area (Å²) in [5.41, 5.74) is 5.68. The van der Waals surface area contributed by atoms with E-state index in [1.54, 1.807) is 0 Å². The predicted molar refractivity (Wildman–Crippen MR) is 63.9 cm³/mol. The molecular formula is C12H22N2O2. The molecule has 0 fully saturated rings. The van der Waals surface area contributed by atoms with Crippen molar-refractivity contribution in [2.75, 3.05) is 19.8 Å². The van der Waals surface area contributed by atoms with Crippen LogP contribution in [0.15, 0.2) is 12.2 Å². The van der Waals surface area contributed by atoms with Crippen molar-refractivity contribution in [3.8, 4) is 0 Å². The molecule has 0 saturated carbocycles. The fraction of sp³-hybridized carbons (Fsp3) is 0.750. The van der Waals surface area contributed by atoms with Crippen molar-refractivity contribution in [3.63, 3.8) is 0 Å². The van der Waals surface area contributed by atoms with Gasteiger partial charge in [-0.15, -0.1) is 0 Å². The monoisotopic (exact) mass is 226 g/mol. The molecule has 0 saturated heterocycles. The third kappa shape index (κ3) is 4.77. The van der Waals surface area contributed by atoms with Gasteiger partial charge >= 0.3 is 0 Å². The van der Waals surface area contributed by atoms with E-state index in [2.05, 4.69) is 19.2 Å². The molecule has 1 amide bonds. The van der Waals surface area contributed by atoms with Crippen LogP contribution in [0.25, 0.3) is 0 Å². The molecule has 0 aromatic carbocycles. The zero-order valence-electron chi connectivity index (χ0n) is 10.1. The van der Waals surface area contributed by atoms with Crippen LogP contribution >= 0.6 is 0 Å². The number of nitrogens with two attached hydrogens (primary N) is 1. The molecule has 0 radical (unpaired) electrons. The first kappa shape index (κ1) is 13.2. The van der Waals surface area contributed by atoms with E-state index in [0.29, 0.717) is 19.1 Å². The van der Waals surface area contributed by atoms with Gasteiger partial charge in [-0.2, -0.15) is 0 Å². The molecule has 4 heteroatoms. The highest BCUT2D eigenvalue weighted by atomic mass is 16.5. The number of hydrogen-bond donors (Lipinski definition) is 2. The van der Waals surface area contributed by atoms with E-state index in [-0.39, 0.29) is 17.9 Å². The first-order valence-corrected chi connectivity index (χ1v) is 5.89. The van der Waals surface area contributed by atoms with Crippen molar-refractivity contribution in [1.29, 1.82) is 0 Å². The molecular weight excluding hydrogens is 204 g/mol. The molecule has 0 aliphatic heterocycles. The summed E-state index contributed by atoms with van der Waals surface area (Å²) >= 11 is 0. The molecule has 4 nitrogen and oxygen atoms in total. The number of nitrogens with one attached hydrogen (secondary N) is 1. The Kier molecular flexibility index (Phi) is 5.49. The van der Waals surface area contributed by atoms with Crippen LogP contribution in [0, 0.1) is 11.8 Å². The van der Waals surface area contributed by atoms with Gasteiger partial charge in [-0.1, -0.05) is 26.0 Å². The van der Waals surface area contributed by atoms with Crippen LogP contribution in [0.3, 0.4) is 0 Å². The summed E-state index contributed by atoms with van der Waals surface area (Å²) in [5.74, 6) is 0.531. The standard InChI is InChI=1S/C12H22N2O2/c1-9(2)8-16-6-5-14-12(15)10-3-4-11(13)7-10/h3-4,9-11H,5-8,13H2,1-2H3,(H,14,15). The van der Waals surface area contributed by atoms with Crippen molar-refractivity contribution in [3.05, 3.63) is 12.2 Å². The summed E-state index contributed by atoms with van der Waals surface area (Å²) in [7, 11) is 0. The lowest BCUT2D eigenvalue weighted by Crippen LogP contribution is -2.33. The van der Waals surface area contributed by atoms with Gasteiger partial charge in [0.1, 0.15) is 0 Å². The maximum absolute atomic E-state index is 11.6. The first-order chi connectivity index (χ1) is 7.59. The first-order valence-electron chi connectivity index (χ1n) is 5.89. The Morgan fingerprint density at radius 1 is 1.56 bits per heavy atom. The number of carbonyl (C=O) groups excluding carboxylic acids is 1. The summed E-state index contributed by atoms with van der Waals surface area (Å²) in [5, 5.41) is 2.85. The minimum Gasteiger partial charge on any atom is -0.379 e. The molecule has 1 rings (SSSR count). The summed E-state index contributed by atoms with van der Waals surface area (Å²) in [6, 6.07) is 0.0351. The smallest absolute Gasteiger partial charge is 0.227 e. The third-order valence-corrected chi connectivity index (χ3v) is 2.45. The van der Waals surface area contributed by atoms with Crippen LogP contribution in [0.4, 0.5) is 0 Å². The fourth-order valence-electron chi connectivity index (χ4n) is 1.62. The normalized spacial score (nSPS) is 24.0. The van der Waals surface area contributed by atoms with Crippen LogP contribution in [-0.2, 0) is 9.53 Å². The zero-order valence-corrected chi connectivity index (χ0v) is 10.1. The second kappa shape index (κ2) is 6.66. The van der Waals surface area contributed by atoms with Gasteiger partial charge in [-0.3, -0.25) is 4.79 Å². The summed E-state index contributed by atoms with van der Waals surface area (Å²) in [6.45, 7) is 6.09. The Hall–Kier alpha value is -0.870. The Morgan fingerprint density at radius 2 is 2.31 bits per heavy atom. The van der Waals surface area contributed by atoms with E-state index in [9.17, 15) is 4.79 Å². The number of hydrogen-bond acceptors (Lipinski definition) is 3. The van der Waals surface area contributed by atoms with Crippen molar-refractivity contribution < 1.29 is 9.53 Å². The summed E-state index contributed by atoms with van der Waals surface area (Å²) in [4.78, 5) is 11.6. The van der Waals surface area contributed by atoms with Gasteiger partial charge < -0.3 is 15.8 Å². The molecule has 1 aliphatic carbocycles. The van der Waals surface area contributed by atoms with Crippen LogP contribution in [0.2, 0.25) is 0 Å². The van der Waals surface area contributed by atoms with E-state index < -0.39 is 0 Å². The van der Waals surface area contributed by atoms with E-state index in [1.165, 1.54) is 0 Å². The highest BCUT2D eigenvalue weighted by molar-refractivity contribution is 5.81. The van der Waals surface area contributed by atoms with Crippen LogP contribution in [0.5, 0.6) is 0 Å². The van der Waals surface area contributed by atoms with Crippen molar-refractivity contribution in [2.24, 2.45) is 17.6 Å². The molecule has 3 N–H and O–H groups in total. The van der Waals surface area contributed by atoms with Gasteiger partial charge in [-0.05, 0) is 12.3 Å². The topological polar surface area (TPSA) is 64.3 Å². The summed E-state index contributed by atoms with van der Waals surface area (Å²) < 4.78 is 5.37. The molecule has 0 spiro atoms. The van der Waals surface area contributed by atoms with Crippen molar-refractivity contribution >= 4 is 5.91 Å². The fourth-order valence-corrected chi connectivity index (χ4v) is 1.62. The van der Waals surface area contributed by atoms with E-state index in [1.807, 2.05) is 12.2 Å². The number of ether oxygens (including phenoxy) is 1. The quantitative estimate of drug-likeness (QED) is 0.517. The van der Waals surface area contributed by atoms with Gasteiger partial charge in [0.2, 0.25) is 5.91 Å². The van der Waals surface area contributed by atoms with Gasteiger partial charge in [-0.25, -0.2) is 0 Å². The molecule has 2 atom stereocenters. The summed E-state index contributed by atoms with van der Waals surface area (Å²) in [6.07, 6.45) is 4.49. The van der Waals surface area contributed by atoms with Crippen LogP contribution in [0.1, 0.15) is 20.3 Å². The molecule has 0 aromatic heterocycles. The van der Waals surface area contributed by atoms with E-state index >= 15 is 0 Å². The number of rotatable bonds is 6. The third-order valence-electron chi connectivity index (χ3n) is 2.45. The average molecular weight is 226 g/mol. The Morgan fingerprint density at radius 3 is 2.88 bits per heavy atom. The maximum Gasteiger partial charge on any atom is 0.227 e. The van der Waals surface area contributed by atoms with Crippen molar-refractivity contribution in [1.82, 2.24) is 5.32 Å². The second-order valence-corrected chi connectivity index (χ2v) is 4.65. The Balaban J connectivity index is 2.05. The molecule has 2 unspecified atom stereocenters. The van der Waals surface area contributed by atoms with Gasteiger partial charge in [0.05, 0.1) is 12.5 Å². The van der Waals surface area contributed by atoms with Crippen LogP contribution in [-0.4, -0.2) is 31.7 Å². The lowest BCUT2D eigenvalue weighted by Gasteiger charge is -2.11. The second-order valence-electron chi connectivity index (χ2n) is 4.65. The molecule has 16 heavy (non-hydrogen) atoms. The van der Waals surface area contributed by atoms with E-state index in [4.69, 9.17) is 10.5 Å². The van der Waals surface area contributed by atoms with Crippen LogP contribution < -0.4 is 11.1 Å².